The van der Waals surface area contributed by atoms with Crippen LogP contribution in [0.3, 0.4) is 0 Å². The minimum atomic E-state index is -4.27. The van der Waals surface area contributed by atoms with Crippen LogP contribution in [-0.4, -0.2) is 39.5 Å². The summed E-state index contributed by atoms with van der Waals surface area (Å²) in [5, 5.41) is 0. The number of hydrogen-bond acceptors (Lipinski definition) is 2. The Hall–Kier alpha value is -2.38. The van der Waals surface area contributed by atoms with E-state index in [-0.39, 0.29) is 0 Å². The number of nitrogens with zero attached hydrogens (tertiary/aromatic N) is 2. The quantitative estimate of drug-likeness (QED) is 0.620. The molecular formula is C19H20F6N2. The molecule has 0 fully saturated rings. The van der Waals surface area contributed by atoms with Gasteiger partial charge in [0.25, 0.3) is 0 Å². The van der Waals surface area contributed by atoms with Gasteiger partial charge in [0.1, 0.15) is 13.1 Å². The van der Waals surface area contributed by atoms with Crippen molar-refractivity contribution in [3.05, 3.63) is 59.7 Å². The van der Waals surface area contributed by atoms with E-state index in [9.17, 15) is 26.3 Å². The van der Waals surface area contributed by atoms with Gasteiger partial charge in [-0.05, 0) is 41.8 Å². The highest BCUT2D eigenvalue weighted by Gasteiger charge is 2.30. The first-order valence-corrected chi connectivity index (χ1v) is 8.16. The zero-order chi connectivity index (χ0) is 20.2. The van der Waals surface area contributed by atoms with Gasteiger partial charge in [-0.15, -0.1) is 0 Å². The molecule has 0 aliphatic carbocycles. The molecule has 0 atom stereocenters. The van der Waals surface area contributed by atoms with Crippen LogP contribution in [-0.2, 0) is 6.42 Å². The van der Waals surface area contributed by atoms with E-state index >= 15 is 0 Å². The van der Waals surface area contributed by atoms with Crippen LogP contribution in [0.15, 0.2) is 48.5 Å². The molecule has 0 unspecified atom stereocenters. The van der Waals surface area contributed by atoms with E-state index in [0.29, 0.717) is 17.8 Å². The monoisotopic (exact) mass is 390 g/mol. The van der Waals surface area contributed by atoms with Crippen LogP contribution in [0.2, 0.25) is 0 Å². The average Bonchev–Trinajstić information content (AvgIpc) is 2.53. The molecule has 0 heterocycles. The lowest BCUT2D eigenvalue weighted by Gasteiger charge is -2.21. The van der Waals surface area contributed by atoms with Crippen molar-refractivity contribution >= 4 is 11.4 Å². The molecule has 0 aliphatic heterocycles. The molecule has 0 spiro atoms. The molecule has 0 amide bonds. The molecule has 2 aromatic carbocycles. The van der Waals surface area contributed by atoms with Crippen molar-refractivity contribution in [3.8, 4) is 0 Å². The van der Waals surface area contributed by atoms with Crippen molar-refractivity contribution < 1.29 is 26.3 Å². The molecule has 0 N–H and O–H groups in total. The summed E-state index contributed by atoms with van der Waals surface area (Å²) in [7, 11) is 2.75. The van der Waals surface area contributed by atoms with Gasteiger partial charge in [0.05, 0.1) is 0 Å². The van der Waals surface area contributed by atoms with Gasteiger partial charge >= 0.3 is 12.4 Å². The van der Waals surface area contributed by atoms with Crippen molar-refractivity contribution in [2.45, 2.75) is 18.8 Å². The highest BCUT2D eigenvalue weighted by Crippen LogP contribution is 2.24. The Balaban J connectivity index is 1.99. The van der Waals surface area contributed by atoms with Gasteiger partial charge in [-0.25, -0.2) is 0 Å². The third-order valence-corrected chi connectivity index (χ3v) is 4.00. The lowest BCUT2D eigenvalue weighted by molar-refractivity contribution is -0.120. The molecule has 0 aliphatic rings. The fourth-order valence-corrected chi connectivity index (χ4v) is 2.69. The first-order chi connectivity index (χ1) is 12.4. The zero-order valence-corrected chi connectivity index (χ0v) is 14.9. The lowest BCUT2D eigenvalue weighted by atomic mass is 10.0. The van der Waals surface area contributed by atoms with Gasteiger partial charge in [0, 0.05) is 25.5 Å². The van der Waals surface area contributed by atoms with Crippen molar-refractivity contribution in [2.24, 2.45) is 0 Å². The smallest absolute Gasteiger partial charge is 0.366 e. The van der Waals surface area contributed by atoms with Crippen LogP contribution in [0.25, 0.3) is 0 Å². The fourth-order valence-electron chi connectivity index (χ4n) is 2.69. The number of anilines is 2. The van der Waals surface area contributed by atoms with E-state index in [1.165, 1.54) is 14.1 Å². The van der Waals surface area contributed by atoms with Crippen molar-refractivity contribution in [3.63, 3.8) is 0 Å². The number of rotatable bonds is 6. The summed E-state index contributed by atoms with van der Waals surface area (Å²) in [6.45, 7) is -2.06. The molecule has 2 aromatic rings. The van der Waals surface area contributed by atoms with E-state index in [4.69, 9.17) is 0 Å². The minimum Gasteiger partial charge on any atom is -0.366 e. The molecular weight excluding hydrogens is 370 g/mol. The van der Waals surface area contributed by atoms with E-state index in [0.717, 1.165) is 20.9 Å². The number of hydrogen-bond donors (Lipinski definition) is 0. The van der Waals surface area contributed by atoms with E-state index in [1.807, 2.05) is 0 Å². The third-order valence-electron chi connectivity index (χ3n) is 4.00. The maximum absolute atomic E-state index is 12.4. The molecule has 148 valence electrons. The van der Waals surface area contributed by atoms with Crippen LogP contribution in [0, 0.1) is 0 Å². The molecule has 2 rings (SSSR count). The van der Waals surface area contributed by atoms with Gasteiger partial charge in [-0.2, -0.15) is 26.3 Å². The molecule has 0 radical (unpaired) electrons. The van der Waals surface area contributed by atoms with Gasteiger partial charge in [0.2, 0.25) is 0 Å². The van der Waals surface area contributed by atoms with Crippen LogP contribution in [0.5, 0.6) is 0 Å². The van der Waals surface area contributed by atoms with E-state index < -0.39 is 25.4 Å². The van der Waals surface area contributed by atoms with Crippen molar-refractivity contribution in [1.82, 2.24) is 0 Å². The molecule has 2 nitrogen and oxygen atoms in total. The van der Waals surface area contributed by atoms with Gasteiger partial charge < -0.3 is 9.80 Å². The second kappa shape index (κ2) is 8.10. The largest absolute Gasteiger partial charge is 0.405 e. The summed E-state index contributed by atoms with van der Waals surface area (Å²) in [6, 6.07) is 13.4. The van der Waals surface area contributed by atoms with Gasteiger partial charge in [-0.1, -0.05) is 24.3 Å². The fraction of sp³-hybridized carbons (Fsp3) is 0.368. The summed E-state index contributed by atoms with van der Waals surface area (Å²) >= 11 is 0. The van der Waals surface area contributed by atoms with Crippen LogP contribution in [0.4, 0.5) is 37.7 Å². The maximum atomic E-state index is 12.4. The average molecular weight is 390 g/mol. The topological polar surface area (TPSA) is 6.48 Å². The minimum absolute atomic E-state index is 0.459. The first-order valence-electron chi connectivity index (χ1n) is 8.16. The Morgan fingerprint density at radius 3 is 1.15 bits per heavy atom. The van der Waals surface area contributed by atoms with Crippen molar-refractivity contribution in [2.75, 3.05) is 37.0 Å². The number of halogens is 6. The van der Waals surface area contributed by atoms with Crippen molar-refractivity contribution in [1.29, 1.82) is 0 Å². The highest BCUT2D eigenvalue weighted by atomic mass is 19.4. The summed E-state index contributed by atoms with van der Waals surface area (Å²) in [5.74, 6) is 0. The summed E-state index contributed by atoms with van der Waals surface area (Å²) in [5.41, 5.74) is 2.71. The molecule has 8 heteroatoms. The Morgan fingerprint density at radius 2 is 0.889 bits per heavy atom. The molecule has 27 heavy (non-hydrogen) atoms. The van der Waals surface area contributed by atoms with Gasteiger partial charge in [-0.3, -0.25) is 0 Å². The molecule has 0 bridgehead atoms. The SMILES string of the molecule is CN(CC(F)(F)F)c1ccc(Cc2ccc(N(C)CC(F)(F)F)cc2)cc1. The zero-order valence-electron chi connectivity index (χ0n) is 14.9. The Morgan fingerprint density at radius 1 is 0.593 bits per heavy atom. The Labute approximate surface area is 154 Å². The molecule has 0 aromatic heterocycles. The normalized spacial score (nSPS) is 12.1. The van der Waals surface area contributed by atoms with Gasteiger partial charge in [0.15, 0.2) is 0 Å². The van der Waals surface area contributed by atoms with Crippen LogP contribution < -0.4 is 9.80 Å². The molecule has 0 saturated heterocycles. The first kappa shape index (κ1) is 20.9. The third kappa shape index (κ3) is 7.03. The van der Waals surface area contributed by atoms with E-state index in [2.05, 4.69) is 0 Å². The number of benzene rings is 2. The summed E-state index contributed by atoms with van der Waals surface area (Å²) < 4.78 is 74.6. The second-order valence-corrected chi connectivity index (χ2v) is 6.45. The second-order valence-electron chi connectivity index (χ2n) is 6.45. The van der Waals surface area contributed by atoms with Crippen LogP contribution >= 0.6 is 0 Å². The highest BCUT2D eigenvalue weighted by molar-refractivity contribution is 5.49. The predicted octanol–water partition coefficient (Wildman–Crippen LogP) is 5.27. The number of alkyl halides is 6. The standard InChI is InChI=1S/C19H20F6N2/c1-26(12-18(20,21)22)16-7-3-14(4-8-16)11-15-5-9-17(10-6-15)27(2)13-19(23,24)25/h3-10H,11-13H2,1-2H3. The summed E-state index contributed by atoms with van der Waals surface area (Å²) in [6.07, 6.45) is -8.00. The van der Waals surface area contributed by atoms with Crippen LogP contribution in [0.1, 0.15) is 11.1 Å². The Bertz CT molecular complexity index is 656. The van der Waals surface area contributed by atoms with E-state index in [1.54, 1.807) is 48.5 Å². The predicted molar refractivity (Wildman–Crippen MR) is 94.3 cm³/mol. The Kier molecular flexibility index (Phi) is 6.28. The maximum Gasteiger partial charge on any atom is 0.405 e. The lowest BCUT2D eigenvalue weighted by Crippen LogP contribution is -2.30. The molecule has 0 saturated carbocycles. The summed E-state index contributed by atoms with van der Waals surface area (Å²) in [4.78, 5) is 2.24.